The highest BCUT2D eigenvalue weighted by Gasteiger charge is 2.39. The highest BCUT2D eigenvalue weighted by Crippen LogP contribution is 2.33. The van der Waals surface area contributed by atoms with Crippen LogP contribution >= 0.6 is 0 Å². The first-order chi connectivity index (χ1) is 11.9. The van der Waals surface area contributed by atoms with Crippen molar-refractivity contribution < 1.29 is 24.9 Å². The fraction of sp³-hybridized carbons (Fsp3) is 0.750. The molecule has 0 aromatic rings. The van der Waals surface area contributed by atoms with Crippen LogP contribution in [-0.2, 0) is 9.53 Å². The van der Waals surface area contributed by atoms with Crippen molar-refractivity contribution in [1.82, 2.24) is 0 Å². The molecule has 144 valence electrons. The maximum atomic E-state index is 12.1. The number of allylic oxidation sites excluding steroid dienone is 1. The van der Waals surface area contributed by atoms with E-state index in [4.69, 9.17) is 9.84 Å². The number of ether oxygens (including phenoxy) is 1. The summed E-state index contributed by atoms with van der Waals surface area (Å²) < 4.78 is 5.14. The van der Waals surface area contributed by atoms with Crippen molar-refractivity contribution in [2.24, 2.45) is 11.8 Å². The molecule has 0 aromatic carbocycles. The molecule has 0 aliphatic heterocycles. The minimum Gasteiger partial charge on any atom is -0.394 e. The SMILES string of the molecule is CCCCC(C)(O)CC=CC1C(O)CC(=O)C1CC=CCOCCO. The fourth-order valence-electron chi connectivity index (χ4n) is 3.19. The second kappa shape index (κ2) is 11.6. The molecule has 0 saturated heterocycles. The van der Waals surface area contributed by atoms with Gasteiger partial charge in [0.2, 0.25) is 0 Å². The lowest BCUT2D eigenvalue weighted by molar-refractivity contribution is -0.121. The van der Waals surface area contributed by atoms with E-state index >= 15 is 0 Å². The minimum atomic E-state index is -0.737. The summed E-state index contributed by atoms with van der Waals surface area (Å²) in [5.74, 6) is -0.334. The van der Waals surface area contributed by atoms with Gasteiger partial charge in [-0.1, -0.05) is 44.1 Å². The highest BCUT2D eigenvalue weighted by atomic mass is 16.5. The molecule has 0 spiro atoms. The van der Waals surface area contributed by atoms with Crippen molar-refractivity contribution in [3.63, 3.8) is 0 Å². The van der Waals surface area contributed by atoms with E-state index in [1.165, 1.54) is 0 Å². The van der Waals surface area contributed by atoms with Crippen LogP contribution in [-0.4, -0.2) is 52.6 Å². The van der Waals surface area contributed by atoms with E-state index in [1.807, 2.05) is 31.2 Å². The normalized spacial score (nSPS) is 26.8. The summed E-state index contributed by atoms with van der Waals surface area (Å²) in [6.45, 7) is 4.63. The van der Waals surface area contributed by atoms with E-state index in [9.17, 15) is 15.0 Å². The van der Waals surface area contributed by atoms with Gasteiger partial charge in [-0.2, -0.15) is 0 Å². The van der Waals surface area contributed by atoms with E-state index in [2.05, 4.69) is 6.92 Å². The number of carbonyl (C=O) groups excluding carboxylic acids is 1. The molecule has 0 amide bonds. The first-order valence-electron chi connectivity index (χ1n) is 9.34. The zero-order chi connectivity index (χ0) is 18.7. The smallest absolute Gasteiger partial charge is 0.139 e. The Hall–Kier alpha value is -1.01. The molecular formula is C20H34O5. The van der Waals surface area contributed by atoms with Crippen molar-refractivity contribution in [3.05, 3.63) is 24.3 Å². The third-order valence-corrected chi connectivity index (χ3v) is 4.72. The van der Waals surface area contributed by atoms with Gasteiger partial charge in [-0.05, 0) is 26.2 Å². The van der Waals surface area contributed by atoms with Gasteiger partial charge in [-0.3, -0.25) is 4.79 Å². The second-order valence-corrected chi connectivity index (χ2v) is 7.16. The molecule has 0 bridgehead atoms. The third-order valence-electron chi connectivity index (χ3n) is 4.72. The van der Waals surface area contributed by atoms with Gasteiger partial charge in [0, 0.05) is 18.3 Å². The van der Waals surface area contributed by atoms with Gasteiger partial charge in [-0.25, -0.2) is 0 Å². The molecule has 5 nitrogen and oxygen atoms in total. The minimum absolute atomic E-state index is 0.00392. The van der Waals surface area contributed by atoms with E-state index in [-0.39, 0.29) is 30.6 Å². The number of Topliss-reactive ketones (excluding diaryl/α,β-unsaturated/α-hetero) is 1. The molecule has 1 fully saturated rings. The van der Waals surface area contributed by atoms with E-state index in [0.717, 1.165) is 19.3 Å². The van der Waals surface area contributed by atoms with Gasteiger partial charge < -0.3 is 20.1 Å². The Kier molecular flexibility index (Phi) is 10.2. The number of unbranched alkanes of at least 4 members (excludes halogenated alkanes) is 1. The summed E-state index contributed by atoms with van der Waals surface area (Å²) in [6.07, 6.45) is 11.0. The Morgan fingerprint density at radius 1 is 1.32 bits per heavy atom. The molecule has 0 aromatic heterocycles. The average Bonchev–Trinajstić information content (AvgIpc) is 2.82. The highest BCUT2D eigenvalue weighted by molar-refractivity contribution is 5.84. The molecule has 1 saturated carbocycles. The Morgan fingerprint density at radius 3 is 2.76 bits per heavy atom. The molecule has 4 unspecified atom stereocenters. The van der Waals surface area contributed by atoms with Crippen LogP contribution in [0.15, 0.2) is 24.3 Å². The Bertz CT molecular complexity index is 441. The fourth-order valence-corrected chi connectivity index (χ4v) is 3.19. The monoisotopic (exact) mass is 354 g/mol. The number of rotatable bonds is 12. The lowest BCUT2D eigenvalue weighted by atomic mass is 9.89. The van der Waals surface area contributed by atoms with E-state index < -0.39 is 11.7 Å². The van der Waals surface area contributed by atoms with Crippen LogP contribution in [0, 0.1) is 11.8 Å². The number of aliphatic hydroxyl groups is 3. The summed E-state index contributed by atoms with van der Waals surface area (Å²) in [5.41, 5.74) is -0.737. The van der Waals surface area contributed by atoms with Crippen molar-refractivity contribution in [2.75, 3.05) is 19.8 Å². The standard InChI is InChI=1S/C20H34O5/c1-3-4-10-20(2,24)11-7-9-17-16(18(22)15-19(17)23)8-5-6-13-25-14-12-21/h5-7,9,16-17,19,21,23-24H,3-4,8,10-15H2,1-2H3. The van der Waals surface area contributed by atoms with Gasteiger partial charge in [-0.15, -0.1) is 0 Å². The molecule has 5 heteroatoms. The van der Waals surface area contributed by atoms with Gasteiger partial charge in [0.15, 0.2) is 0 Å². The molecule has 25 heavy (non-hydrogen) atoms. The summed E-state index contributed by atoms with van der Waals surface area (Å²) >= 11 is 0. The molecule has 1 rings (SSSR count). The van der Waals surface area contributed by atoms with Gasteiger partial charge in [0.1, 0.15) is 5.78 Å². The van der Waals surface area contributed by atoms with Crippen molar-refractivity contribution >= 4 is 5.78 Å². The summed E-state index contributed by atoms with van der Waals surface area (Å²) in [5, 5.41) is 29.1. The summed E-state index contributed by atoms with van der Waals surface area (Å²) in [7, 11) is 0. The topological polar surface area (TPSA) is 87.0 Å². The largest absolute Gasteiger partial charge is 0.394 e. The number of hydrogen-bond acceptors (Lipinski definition) is 5. The van der Waals surface area contributed by atoms with E-state index in [0.29, 0.717) is 26.1 Å². The van der Waals surface area contributed by atoms with E-state index in [1.54, 1.807) is 0 Å². The first-order valence-corrected chi connectivity index (χ1v) is 9.34. The van der Waals surface area contributed by atoms with Crippen molar-refractivity contribution in [3.8, 4) is 0 Å². The number of ketones is 1. The third kappa shape index (κ3) is 8.27. The summed E-state index contributed by atoms with van der Waals surface area (Å²) in [4.78, 5) is 12.1. The van der Waals surface area contributed by atoms with Crippen LogP contribution in [0.4, 0.5) is 0 Å². The lowest BCUT2D eigenvalue weighted by Gasteiger charge is -2.22. The van der Waals surface area contributed by atoms with Crippen LogP contribution in [0.1, 0.15) is 52.4 Å². The quantitative estimate of drug-likeness (QED) is 0.370. The van der Waals surface area contributed by atoms with Crippen LogP contribution in [0.2, 0.25) is 0 Å². The summed E-state index contributed by atoms with van der Waals surface area (Å²) in [6, 6.07) is 0. The van der Waals surface area contributed by atoms with Crippen LogP contribution in [0.25, 0.3) is 0 Å². The maximum absolute atomic E-state index is 12.1. The molecular weight excluding hydrogens is 320 g/mol. The number of hydrogen-bond donors (Lipinski definition) is 3. The average molecular weight is 354 g/mol. The van der Waals surface area contributed by atoms with Gasteiger partial charge in [0.05, 0.1) is 31.5 Å². The molecule has 0 heterocycles. The predicted octanol–water partition coefficient (Wildman–Crippen LogP) is 2.40. The lowest BCUT2D eigenvalue weighted by Crippen LogP contribution is -2.23. The molecule has 4 atom stereocenters. The van der Waals surface area contributed by atoms with Crippen LogP contribution in [0.5, 0.6) is 0 Å². The Morgan fingerprint density at radius 2 is 2.08 bits per heavy atom. The van der Waals surface area contributed by atoms with Crippen LogP contribution in [0.3, 0.4) is 0 Å². The Balaban J connectivity index is 2.53. The zero-order valence-electron chi connectivity index (χ0n) is 15.6. The number of carbonyl (C=O) groups is 1. The first kappa shape index (κ1) is 22.0. The Labute approximate surface area is 151 Å². The predicted molar refractivity (Wildman–Crippen MR) is 98.2 cm³/mol. The maximum Gasteiger partial charge on any atom is 0.139 e. The molecule has 1 aliphatic carbocycles. The van der Waals surface area contributed by atoms with Crippen molar-refractivity contribution in [2.45, 2.75) is 64.1 Å². The second-order valence-electron chi connectivity index (χ2n) is 7.16. The molecule has 1 aliphatic rings. The zero-order valence-corrected chi connectivity index (χ0v) is 15.6. The van der Waals surface area contributed by atoms with Crippen LogP contribution < -0.4 is 0 Å². The van der Waals surface area contributed by atoms with Gasteiger partial charge >= 0.3 is 0 Å². The number of aliphatic hydroxyl groups excluding tert-OH is 2. The molecule has 3 N–H and O–H groups in total. The van der Waals surface area contributed by atoms with Gasteiger partial charge in [0.25, 0.3) is 0 Å². The molecule has 0 radical (unpaired) electrons. The van der Waals surface area contributed by atoms with Crippen molar-refractivity contribution in [1.29, 1.82) is 0 Å².